The average molecular weight is 349 g/mol. The van der Waals surface area contributed by atoms with Crippen molar-refractivity contribution in [3.8, 4) is 5.75 Å². The quantitative estimate of drug-likeness (QED) is 0.619. The van der Waals surface area contributed by atoms with Gasteiger partial charge in [0.2, 0.25) is 5.91 Å². The fraction of sp³-hybridized carbons (Fsp3) is 0.533. The first kappa shape index (κ1) is 17.2. The number of carbonyl (C=O) groups is 1. The monoisotopic (exact) mass is 348 g/mol. The molecule has 1 amide bonds. The number of hydrogen-bond acceptors (Lipinski definition) is 3. The minimum absolute atomic E-state index is 0.00805. The maximum atomic E-state index is 14.2. The second kappa shape index (κ2) is 6.50. The lowest BCUT2D eigenvalue weighted by Crippen LogP contribution is -2.60. The van der Waals surface area contributed by atoms with Crippen molar-refractivity contribution in [2.45, 2.75) is 25.3 Å². The summed E-state index contributed by atoms with van der Waals surface area (Å²) in [5, 5.41) is 0.220. The van der Waals surface area contributed by atoms with Gasteiger partial charge in [0.05, 0.1) is 24.4 Å². The number of amides is 1. The fourth-order valence-corrected chi connectivity index (χ4v) is 3.22. The Hall–Kier alpha value is -1.20. The molecule has 1 aliphatic rings. The Morgan fingerprint density at radius 1 is 1.45 bits per heavy atom. The minimum Gasteiger partial charge on any atom is -0.495 e. The lowest BCUT2D eigenvalue weighted by molar-refractivity contribution is -0.134. The van der Waals surface area contributed by atoms with Gasteiger partial charge in [-0.2, -0.15) is 0 Å². The molecule has 0 aliphatic carbocycles. The number of methoxy groups -OCH3 is 1. The highest BCUT2D eigenvalue weighted by molar-refractivity contribution is 6.32. The molecule has 1 aromatic rings. The van der Waals surface area contributed by atoms with Crippen molar-refractivity contribution in [2.75, 3.05) is 31.6 Å². The topological polar surface area (TPSA) is 32.8 Å². The van der Waals surface area contributed by atoms with Crippen molar-refractivity contribution in [1.29, 1.82) is 0 Å². The minimum atomic E-state index is -0.884. The second-order valence-corrected chi connectivity index (χ2v) is 6.62. The van der Waals surface area contributed by atoms with Crippen LogP contribution in [0.25, 0.3) is 0 Å². The Balaban J connectivity index is 2.28. The number of piperazine rings is 1. The molecule has 1 heterocycles. The van der Waals surface area contributed by atoms with E-state index < -0.39 is 10.8 Å². The molecule has 1 aliphatic heterocycles. The van der Waals surface area contributed by atoms with Crippen molar-refractivity contribution >= 4 is 34.8 Å². The highest BCUT2D eigenvalue weighted by atomic mass is 35.5. The Labute approximate surface area is 139 Å². The van der Waals surface area contributed by atoms with Gasteiger partial charge in [-0.3, -0.25) is 4.79 Å². The summed E-state index contributed by atoms with van der Waals surface area (Å²) in [6.45, 7) is 4.82. The first-order valence-electron chi connectivity index (χ1n) is 7.07. The molecule has 7 heteroatoms. The number of carbonyl (C=O) groups excluding carboxylic acids is 1. The van der Waals surface area contributed by atoms with Gasteiger partial charge in [0.1, 0.15) is 16.6 Å². The predicted molar refractivity (Wildman–Crippen MR) is 86.4 cm³/mol. The molecule has 0 bridgehead atoms. The number of halogens is 3. The van der Waals surface area contributed by atoms with Crippen LogP contribution in [0, 0.1) is 5.82 Å². The zero-order valence-corrected chi connectivity index (χ0v) is 14.3. The molecule has 0 radical (unpaired) electrons. The van der Waals surface area contributed by atoms with E-state index in [0.717, 1.165) is 0 Å². The molecule has 1 fully saturated rings. The lowest BCUT2D eigenvalue weighted by atomic mass is 10.1. The van der Waals surface area contributed by atoms with E-state index in [1.807, 2.05) is 0 Å². The Morgan fingerprint density at radius 3 is 2.68 bits per heavy atom. The van der Waals surface area contributed by atoms with E-state index in [-0.39, 0.29) is 10.9 Å². The molecular weight excluding hydrogens is 330 g/mol. The number of ether oxygens (including phenoxy) is 1. The molecule has 0 aromatic heterocycles. The summed E-state index contributed by atoms with van der Waals surface area (Å²) in [5.41, 5.74) is 0.372. The molecule has 122 valence electrons. The predicted octanol–water partition coefficient (Wildman–Crippen LogP) is 3.50. The third-order valence-corrected chi connectivity index (χ3v) is 4.42. The molecule has 1 atom stereocenters. The van der Waals surface area contributed by atoms with Gasteiger partial charge in [0, 0.05) is 25.6 Å². The summed E-state index contributed by atoms with van der Waals surface area (Å²) in [7, 11) is 1.48. The van der Waals surface area contributed by atoms with Gasteiger partial charge in [-0.05, 0) is 13.0 Å². The van der Waals surface area contributed by atoms with Crippen LogP contribution in [0.1, 0.15) is 20.3 Å². The number of benzene rings is 1. The Bertz CT molecular complexity index is 581. The van der Waals surface area contributed by atoms with Crippen LogP contribution in [0.5, 0.6) is 5.75 Å². The van der Waals surface area contributed by atoms with Crippen molar-refractivity contribution in [1.82, 2.24) is 4.90 Å². The zero-order chi connectivity index (χ0) is 16.5. The van der Waals surface area contributed by atoms with Crippen LogP contribution in [0.4, 0.5) is 10.1 Å². The standard InChI is InChI=1S/C15H19Cl2FN2O2/c1-4-14(21)20-6-5-19(9-15(20,2)17)12-8-13(22-3)10(16)7-11(12)18/h7-8H,4-6,9H2,1-3H3/t15-/m1/s1. The molecule has 0 saturated carbocycles. The number of hydrogen-bond donors (Lipinski definition) is 0. The van der Waals surface area contributed by atoms with E-state index in [0.29, 0.717) is 37.5 Å². The summed E-state index contributed by atoms with van der Waals surface area (Å²) in [5.74, 6) is -0.0405. The molecule has 22 heavy (non-hydrogen) atoms. The third kappa shape index (κ3) is 3.25. The average Bonchev–Trinajstić information content (AvgIpc) is 2.45. The van der Waals surface area contributed by atoms with Crippen LogP contribution in [0.3, 0.4) is 0 Å². The maximum Gasteiger partial charge on any atom is 0.223 e. The molecule has 0 unspecified atom stereocenters. The van der Waals surface area contributed by atoms with E-state index in [1.165, 1.54) is 13.2 Å². The zero-order valence-electron chi connectivity index (χ0n) is 12.8. The first-order chi connectivity index (χ1) is 10.3. The number of alkyl halides is 1. The maximum absolute atomic E-state index is 14.2. The third-order valence-electron chi connectivity index (χ3n) is 3.80. The van der Waals surface area contributed by atoms with E-state index in [9.17, 15) is 9.18 Å². The van der Waals surface area contributed by atoms with Gasteiger partial charge in [-0.25, -0.2) is 4.39 Å². The van der Waals surface area contributed by atoms with Crippen molar-refractivity contribution in [2.24, 2.45) is 0 Å². The Morgan fingerprint density at radius 2 is 2.14 bits per heavy atom. The number of nitrogens with zero attached hydrogens (tertiary/aromatic N) is 2. The van der Waals surface area contributed by atoms with E-state index >= 15 is 0 Å². The molecule has 2 rings (SSSR count). The van der Waals surface area contributed by atoms with Crippen molar-refractivity contribution in [3.63, 3.8) is 0 Å². The number of rotatable bonds is 3. The molecule has 1 aromatic carbocycles. The van der Waals surface area contributed by atoms with Crippen molar-refractivity contribution < 1.29 is 13.9 Å². The molecule has 0 spiro atoms. The summed E-state index contributed by atoms with van der Waals surface area (Å²) < 4.78 is 19.4. The number of anilines is 1. The van der Waals surface area contributed by atoms with Gasteiger partial charge in [-0.1, -0.05) is 30.1 Å². The summed E-state index contributed by atoms with van der Waals surface area (Å²) >= 11 is 12.4. The second-order valence-electron chi connectivity index (χ2n) is 5.40. The van der Waals surface area contributed by atoms with E-state index in [4.69, 9.17) is 27.9 Å². The molecular formula is C15H19Cl2FN2O2. The van der Waals surface area contributed by atoms with Crippen LogP contribution < -0.4 is 9.64 Å². The molecule has 1 saturated heterocycles. The summed E-state index contributed by atoms with van der Waals surface area (Å²) in [6.07, 6.45) is 0.394. The smallest absolute Gasteiger partial charge is 0.223 e. The molecule has 4 nitrogen and oxygen atoms in total. The molecule has 0 N–H and O–H groups in total. The van der Waals surface area contributed by atoms with Crippen LogP contribution in [0.15, 0.2) is 12.1 Å². The SMILES string of the molecule is CCC(=O)N1CCN(c2cc(OC)c(Cl)cc2F)C[C@]1(C)Cl. The highest BCUT2D eigenvalue weighted by Gasteiger charge is 2.39. The van der Waals surface area contributed by atoms with E-state index in [2.05, 4.69) is 0 Å². The van der Waals surface area contributed by atoms with Gasteiger partial charge in [-0.15, -0.1) is 0 Å². The largest absolute Gasteiger partial charge is 0.495 e. The van der Waals surface area contributed by atoms with Gasteiger partial charge >= 0.3 is 0 Å². The summed E-state index contributed by atoms with van der Waals surface area (Å²) in [6, 6.07) is 2.78. The first-order valence-corrected chi connectivity index (χ1v) is 7.83. The summed E-state index contributed by atoms with van der Waals surface area (Å²) in [4.78, 5) is 14.5. The van der Waals surface area contributed by atoms with Crippen LogP contribution >= 0.6 is 23.2 Å². The van der Waals surface area contributed by atoms with E-state index in [1.54, 1.807) is 29.7 Å². The van der Waals surface area contributed by atoms with Gasteiger partial charge in [0.25, 0.3) is 0 Å². The normalized spacial score (nSPS) is 21.9. The fourth-order valence-electron chi connectivity index (χ4n) is 2.66. The lowest BCUT2D eigenvalue weighted by Gasteiger charge is -2.46. The van der Waals surface area contributed by atoms with Crippen LogP contribution in [-0.4, -0.2) is 42.5 Å². The highest BCUT2D eigenvalue weighted by Crippen LogP contribution is 2.35. The van der Waals surface area contributed by atoms with Crippen LogP contribution in [-0.2, 0) is 4.79 Å². The van der Waals surface area contributed by atoms with Crippen molar-refractivity contribution in [3.05, 3.63) is 23.0 Å². The van der Waals surface area contributed by atoms with Gasteiger partial charge in [0.15, 0.2) is 0 Å². The Kier molecular flexibility index (Phi) is 5.07. The van der Waals surface area contributed by atoms with Gasteiger partial charge < -0.3 is 14.5 Å². The van der Waals surface area contributed by atoms with Crippen LogP contribution in [0.2, 0.25) is 5.02 Å².